The minimum atomic E-state index is 0.196. The van der Waals surface area contributed by atoms with Gasteiger partial charge < -0.3 is 19.4 Å². The molecular weight excluding hydrogens is 390 g/mol. The first kappa shape index (κ1) is 19.9. The third kappa shape index (κ3) is 5.16. The van der Waals surface area contributed by atoms with Crippen molar-refractivity contribution >= 4 is 29.1 Å². The van der Waals surface area contributed by atoms with Gasteiger partial charge in [0.2, 0.25) is 5.91 Å². The first-order chi connectivity index (χ1) is 14.2. The zero-order chi connectivity index (χ0) is 20.1. The summed E-state index contributed by atoms with van der Waals surface area (Å²) >= 11 is 6.02. The van der Waals surface area contributed by atoms with Crippen LogP contribution in [0.5, 0.6) is 0 Å². The highest BCUT2D eigenvalue weighted by Gasteiger charge is 2.22. The average Bonchev–Trinajstić information content (AvgIpc) is 2.78. The molecule has 8 heteroatoms. The second-order valence-electron chi connectivity index (χ2n) is 7.33. The van der Waals surface area contributed by atoms with Crippen LogP contribution in [0.3, 0.4) is 0 Å². The van der Waals surface area contributed by atoms with E-state index in [0.29, 0.717) is 31.0 Å². The van der Waals surface area contributed by atoms with E-state index in [9.17, 15) is 4.79 Å². The Kier molecular flexibility index (Phi) is 6.46. The van der Waals surface area contributed by atoms with E-state index in [0.717, 1.165) is 56.6 Å². The summed E-state index contributed by atoms with van der Waals surface area (Å²) in [6.07, 6.45) is 2.85. The topological polar surface area (TPSA) is 61.8 Å². The molecule has 2 aliphatic rings. The van der Waals surface area contributed by atoms with Gasteiger partial charge in [-0.1, -0.05) is 23.7 Å². The smallest absolute Gasteiger partial charge is 0.223 e. The van der Waals surface area contributed by atoms with Crippen molar-refractivity contribution in [3.8, 4) is 0 Å². The molecule has 0 saturated carbocycles. The summed E-state index contributed by atoms with van der Waals surface area (Å²) in [5.74, 6) is 2.06. The molecule has 1 aromatic heterocycles. The zero-order valence-corrected chi connectivity index (χ0v) is 17.2. The normalized spacial score (nSPS) is 17.5. The number of benzene rings is 1. The van der Waals surface area contributed by atoms with Crippen molar-refractivity contribution < 1.29 is 9.53 Å². The fourth-order valence-electron chi connectivity index (χ4n) is 3.76. The Labute approximate surface area is 176 Å². The molecule has 2 fully saturated rings. The molecular formula is C21H26ClN5O2. The van der Waals surface area contributed by atoms with E-state index in [1.807, 2.05) is 35.2 Å². The van der Waals surface area contributed by atoms with E-state index in [-0.39, 0.29) is 5.91 Å². The number of carbonyl (C=O) groups excluding carboxylic acids is 1. The van der Waals surface area contributed by atoms with Crippen LogP contribution in [0.15, 0.2) is 36.7 Å². The van der Waals surface area contributed by atoms with Gasteiger partial charge in [-0.3, -0.25) is 4.79 Å². The molecule has 0 unspecified atom stereocenters. The van der Waals surface area contributed by atoms with E-state index in [4.69, 9.17) is 16.3 Å². The number of hydrogen-bond acceptors (Lipinski definition) is 6. The molecule has 3 heterocycles. The molecule has 7 nitrogen and oxygen atoms in total. The van der Waals surface area contributed by atoms with Gasteiger partial charge in [-0.2, -0.15) is 0 Å². The van der Waals surface area contributed by atoms with Crippen LogP contribution in [0.25, 0.3) is 0 Å². The van der Waals surface area contributed by atoms with E-state index in [1.54, 1.807) is 6.33 Å². The molecule has 0 N–H and O–H groups in total. The highest BCUT2D eigenvalue weighted by molar-refractivity contribution is 6.30. The molecule has 1 amide bonds. The molecule has 2 saturated heterocycles. The Balaban J connectivity index is 1.29. The van der Waals surface area contributed by atoms with Gasteiger partial charge in [-0.05, 0) is 24.1 Å². The predicted octanol–water partition coefficient (Wildman–Crippen LogP) is 2.25. The Morgan fingerprint density at radius 2 is 1.66 bits per heavy atom. The van der Waals surface area contributed by atoms with Crippen LogP contribution < -0.4 is 9.80 Å². The lowest BCUT2D eigenvalue weighted by atomic mass is 10.1. The SMILES string of the molecule is O=C(CCc1cccc(Cl)c1)N1CCN(c2cc(N3CCOCC3)ncn2)CC1. The third-order valence-electron chi connectivity index (χ3n) is 5.45. The number of ether oxygens (including phenoxy) is 1. The molecule has 2 aromatic rings. The summed E-state index contributed by atoms with van der Waals surface area (Å²) in [5, 5.41) is 0.713. The number of aromatic nitrogens is 2. The number of aryl methyl sites for hydroxylation is 1. The molecule has 0 spiro atoms. The van der Waals surface area contributed by atoms with Gasteiger partial charge in [0.25, 0.3) is 0 Å². The Hall–Kier alpha value is -2.38. The summed E-state index contributed by atoms with van der Waals surface area (Å²) in [5.41, 5.74) is 1.10. The number of carbonyl (C=O) groups is 1. The van der Waals surface area contributed by atoms with Crippen LogP contribution in [-0.4, -0.2) is 73.3 Å². The van der Waals surface area contributed by atoms with Crippen molar-refractivity contribution in [2.75, 3.05) is 62.3 Å². The summed E-state index contributed by atoms with van der Waals surface area (Å²) in [6.45, 7) is 6.16. The number of anilines is 2. The van der Waals surface area contributed by atoms with Gasteiger partial charge in [-0.15, -0.1) is 0 Å². The van der Waals surface area contributed by atoms with Crippen molar-refractivity contribution in [1.29, 1.82) is 0 Å². The molecule has 0 atom stereocenters. The molecule has 0 aliphatic carbocycles. The third-order valence-corrected chi connectivity index (χ3v) is 5.68. The van der Waals surface area contributed by atoms with Gasteiger partial charge in [0.1, 0.15) is 18.0 Å². The molecule has 1 aromatic carbocycles. The molecule has 0 radical (unpaired) electrons. The number of hydrogen-bond donors (Lipinski definition) is 0. The first-order valence-electron chi connectivity index (χ1n) is 10.1. The van der Waals surface area contributed by atoms with E-state index < -0.39 is 0 Å². The van der Waals surface area contributed by atoms with Crippen LogP contribution in [0, 0.1) is 0 Å². The number of morpholine rings is 1. The lowest BCUT2D eigenvalue weighted by molar-refractivity contribution is -0.131. The van der Waals surface area contributed by atoms with E-state index in [2.05, 4.69) is 19.8 Å². The fourth-order valence-corrected chi connectivity index (χ4v) is 3.98. The second-order valence-corrected chi connectivity index (χ2v) is 7.77. The van der Waals surface area contributed by atoms with Gasteiger partial charge in [0.15, 0.2) is 0 Å². The largest absolute Gasteiger partial charge is 0.378 e. The van der Waals surface area contributed by atoms with Gasteiger partial charge >= 0.3 is 0 Å². The number of rotatable bonds is 5. The van der Waals surface area contributed by atoms with Crippen LogP contribution in [0.4, 0.5) is 11.6 Å². The monoisotopic (exact) mass is 415 g/mol. The van der Waals surface area contributed by atoms with Gasteiger partial charge in [0, 0.05) is 56.8 Å². The van der Waals surface area contributed by atoms with Gasteiger partial charge in [-0.25, -0.2) is 9.97 Å². The van der Waals surface area contributed by atoms with Crippen molar-refractivity contribution in [3.05, 3.63) is 47.2 Å². The van der Waals surface area contributed by atoms with Crippen molar-refractivity contribution in [2.45, 2.75) is 12.8 Å². The van der Waals surface area contributed by atoms with Crippen molar-refractivity contribution in [3.63, 3.8) is 0 Å². The summed E-state index contributed by atoms with van der Waals surface area (Å²) in [6, 6.07) is 9.76. The number of halogens is 1. The molecule has 0 bridgehead atoms. The molecule has 4 rings (SSSR count). The summed E-state index contributed by atoms with van der Waals surface area (Å²) in [4.78, 5) is 27.9. The maximum absolute atomic E-state index is 12.6. The molecule has 29 heavy (non-hydrogen) atoms. The lowest BCUT2D eigenvalue weighted by Crippen LogP contribution is -2.49. The predicted molar refractivity (Wildman–Crippen MR) is 114 cm³/mol. The maximum Gasteiger partial charge on any atom is 0.223 e. The van der Waals surface area contributed by atoms with Gasteiger partial charge in [0.05, 0.1) is 13.2 Å². The standard InChI is InChI=1S/C21H26ClN5O2/c22-18-3-1-2-17(14-18)4-5-21(28)27-8-6-25(7-9-27)19-15-20(24-16-23-19)26-10-12-29-13-11-26/h1-3,14-16H,4-13H2. The lowest BCUT2D eigenvalue weighted by Gasteiger charge is -2.36. The molecule has 2 aliphatic heterocycles. The van der Waals surface area contributed by atoms with E-state index in [1.165, 1.54) is 0 Å². The fraction of sp³-hybridized carbons (Fsp3) is 0.476. The minimum Gasteiger partial charge on any atom is -0.378 e. The number of piperazine rings is 1. The van der Waals surface area contributed by atoms with Crippen LogP contribution in [0.1, 0.15) is 12.0 Å². The number of nitrogens with zero attached hydrogens (tertiary/aromatic N) is 5. The average molecular weight is 416 g/mol. The Morgan fingerprint density at radius 1 is 0.966 bits per heavy atom. The van der Waals surface area contributed by atoms with Crippen molar-refractivity contribution in [1.82, 2.24) is 14.9 Å². The zero-order valence-electron chi connectivity index (χ0n) is 16.5. The maximum atomic E-state index is 12.6. The summed E-state index contributed by atoms with van der Waals surface area (Å²) in [7, 11) is 0. The quantitative estimate of drug-likeness (QED) is 0.746. The highest BCUT2D eigenvalue weighted by Crippen LogP contribution is 2.20. The minimum absolute atomic E-state index is 0.196. The Bertz CT molecular complexity index is 835. The first-order valence-corrected chi connectivity index (χ1v) is 10.5. The number of amides is 1. The van der Waals surface area contributed by atoms with Crippen LogP contribution >= 0.6 is 11.6 Å². The van der Waals surface area contributed by atoms with E-state index >= 15 is 0 Å². The second kappa shape index (κ2) is 9.41. The molecule has 154 valence electrons. The van der Waals surface area contributed by atoms with Crippen LogP contribution in [0.2, 0.25) is 5.02 Å². The Morgan fingerprint density at radius 3 is 2.34 bits per heavy atom. The highest BCUT2D eigenvalue weighted by atomic mass is 35.5. The van der Waals surface area contributed by atoms with Crippen LogP contribution in [-0.2, 0) is 16.0 Å². The summed E-state index contributed by atoms with van der Waals surface area (Å²) < 4.78 is 5.42. The van der Waals surface area contributed by atoms with Crippen molar-refractivity contribution in [2.24, 2.45) is 0 Å².